The van der Waals surface area contributed by atoms with E-state index in [9.17, 15) is 8.42 Å². The number of nitrogens with zero attached hydrogens (tertiary/aromatic N) is 1. The number of benzene rings is 1. The molecular weight excluding hydrogens is 345 g/mol. The molecule has 1 unspecified atom stereocenters. The van der Waals surface area contributed by atoms with Crippen molar-refractivity contribution in [2.24, 2.45) is 0 Å². The molecule has 20 heavy (non-hydrogen) atoms. The number of fused-ring (bicyclic) bond motifs is 3. The zero-order valence-corrected chi connectivity index (χ0v) is 13.4. The van der Waals surface area contributed by atoms with Crippen LogP contribution in [0.3, 0.4) is 0 Å². The van der Waals surface area contributed by atoms with Crippen LogP contribution in [-0.4, -0.2) is 29.2 Å². The number of rotatable bonds is 3. The fourth-order valence-electron chi connectivity index (χ4n) is 2.75. The molecule has 2 aliphatic rings. The second kappa shape index (κ2) is 5.00. The first-order valence-corrected chi connectivity index (χ1v) is 8.62. The lowest BCUT2D eigenvalue weighted by atomic mass is 9.92. The molecule has 3 atom stereocenters. The molecule has 3 rings (SSSR count). The van der Waals surface area contributed by atoms with Crippen LogP contribution in [0, 0.1) is 0 Å². The Balaban J connectivity index is 1.78. The summed E-state index contributed by atoms with van der Waals surface area (Å²) in [5, 5.41) is 0. The molecule has 0 bridgehead atoms. The third kappa shape index (κ3) is 2.80. The maximum atomic E-state index is 12.1. The highest BCUT2D eigenvalue weighted by Crippen LogP contribution is 2.52. The molecule has 1 aliphatic carbocycles. The Kier molecular flexibility index (Phi) is 3.72. The van der Waals surface area contributed by atoms with Gasteiger partial charge in [-0.3, -0.25) is 4.18 Å². The largest absolute Gasteiger partial charge is 0.339 e. The van der Waals surface area contributed by atoms with Gasteiger partial charge in [0.25, 0.3) is 0 Å². The molecule has 1 saturated heterocycles. The van der Waals surface area contributed by atoms with Crippen LogP contribution in [0.1, 0.15) is 23.6 Å². The van der Waals surface area contributed by atoms with Gasteiger partial charge in [-0.05, 0) is 24.0 Å². The maximum absolute atomic E-state index is 12.1. The highest BCUT2D eigenvalue weighted by Gasteiger charge is 2.58. The van der Waals surface area contributed by atoms with Gasteiger partial charge in [0.15, 0.2) is 0 Å². The van der Waals surface area contributed by atoms with Crippen molar-refractivity contribution in [1.82, 2.24) is 4.31 Å². The smallest absolute Gasteiger partial charge is 0.253 e. The Labute approximate surface area is 132 Å². The summed E-state index contributed by atoms with van der Waals surface area (Å²) in [4.78, 5) is 0. The fourth-order valence-corrected chi connectivity index (χ4v) is 4.58. The molecule has 1 fully saturated rings. The van der Waals surface area contributed by atoms with E-state index < -0.39 is 20.7 Å². The summed E-state index contributed by atoms with van der Waals surface area (Å²) in [5.41, 5.74) is 2.23. The lowest BCUT2D eigenvalue weighted by Gasteiger charge is -2.12. The standard InChI is InChI=1S/C12H12Cl3NO3S/c13-12(14,15)7-19-20(17,18)16-10-6-5-8-3-1-2-4-9(8)11(10)16/h1-4,10-11H,5-7H2/t10-,11-,16?/m1/s1. The van der Waals surface area contributed by atoms with Gasteiger partial charge in [0.1, 0.15) is 6.61 Å². The number of aryl methyl sites for hydroxylation is 1. The van der Waals surface area contributed by atoms with Crippen LogP contribution in [0.5, 0.6) is 0 Å². The monoisotopic (exact) mass is 355 g/mol. The topological polar surface area (TPSA) is 46.4 Å². The second-order valence-corrected chi connectivity index (χ2v) is 8.94. The first-order valence-electron chi connectivity index (χ1n) is 6.12. The quantitative estimate of drug-likeness (QED) is 0.618. The van der Waals surface area contributed by atoms with E-state index in [-0.39, 0.29) is 12.1 Å². The van der Waals surface area contributed by atoms with E-state index >= 15 is 0 Å². The SMILES string of the molecule is O=S(=O)(OCC(Cl)(Cl)Cl)N1[C@@H]2CCc3ccccc3[C@H]21. The van der Waals surface area contributed by atoms with E-state index in [1.54, 1.807) is 0 Å². The Morgan fingerprint density at radius 3 is 2.70 bits per heavy atom. The fraction of sp³-hybridized carbons (Fsp3) is 0.500. The molecule has 0 radical (unpaired) electrons. The van der Waals surface area contributed by atoms with Crippen LogP contribution >= 0.6 is 34.8 Å². The third-order valence-electron chi connectivity index (χ3n) is 3.59. The first-order chi connectivity index (χ1) is 9.30. The average molecular weight is 357 g/mol. The highest BCUT2D eigenvalue weighted by molar-refractivity contribution is 7.84. The van der Waals surface area contributed by atoms with Crippen LogP contribution in [0.2, 0.25) is 0 Å². The lowest BCUT2D eigenvalue weighted by Crippen LogP contribution is -2.23. The predicted molar refractivity (Wildman–Crippen MR) is 78.3 cm³/mol. The molecule has 0 N–H and O–H groups in total. The Morgan fingerprint density at radius 1 is 1.30 bits per heavy atom. The molecule has 1 aliphatic heterocycles. The Morgan fingerprint density at radius 2 is 2.00 bits per heavy atom. The van der Waals surface area contributed by atoms with Gasteiger partial charge in [0.05, 0.1) is 6.04 Å². The molecule has 4 nitrogen and oxygen atoms in total. The first kappa shape index (κ1) is 14.9. The van der Waals surface area contributed by atoms with Crippen molar-refractivity contribution in [3.05, 3.63) is 35.4 Å². The Bertz CT molecular complexity index is 629. The molecule has 1 aromatic carbocycles. The van der Waals surface area contributed by atoms with Crippen LogP contribution in [0.25, 0.3) is 0 Å². The molecule has 0 amide bonds. The molecule has 110 valence electrons. The average Bonchev–Trinajstić information content (AvgIpc) is 3.11. The molecule has 0 saturated carbocycles. The lowest BCUT2D eigenvalue weighted by molar-refractivity contribution is 0.302. The van der Waals surface area contributed by atoms with Gasteiger partial charge in [-0.25, -0.2) is 0 Å². The highest BCUT2D eigenvalue weighted by atomic mass is 35.6. The van der Waals surface area contributed by atoms with Crippen LogP contribution in [0.15, 0.2) is 24.3 Å². The van der Waals surface area contributed by atoms with Gasteiger partial charge in [-0.15, -0.1) is 0 Å². The normalized spacial score (nSPS) is 28.6. The molecule has 1 heterocycles. The van der Waals surface area contributed by atoms with Crippen molar-refractivity contribution < 1.29 is 12.6 Å². The van der Waals surface area contributed by atoms with Crippen molar-refractivity contribution in [2.75, 3.05) is 6.61 Å². The summed E-state index contributed by atoms with van der Waals surface area (Å²) < 4.78 is 28.7. The minimum Gasteiger partial charge on any atom is -0.253 e. The zero-order chi connectivity index (χ0) is 14.5. The van der Waals surface area contributed by atoms with Crippen molar-refractivity contribution in [3.63, 3.8) is 0 Å². The number of alkyl halides is 3. The predicted octanol–water partition coefficient (Wildman–Crippen LogP) is 2.99. The summed E-state index contributed by atoms with van der Waals surface area (Å²) in [7, 11) is -3.87. The van der Waals surface area contributed by atoms with Crippen LogP contribution in [0.4, 0.5) is 0 Å². The molecule has 1 aromatic rings. The van der Waals surface area contributed by atoms with Crippen LogP contribution in [-0.2, 0) is 20.9 Å². The second-order valence-electron chi connectivity index (χ2n) is 4.91. The van der Waals surface area contributed by atoms with E-state index in [0.717, 1.165) is 18.4 Å². The van der Waals surface area contributed by atoms with Crippen molar-refractivity contribution in [2.45, 2.75) is 28.7 Å². The van der Waals surface area contributed by atoms with Crippen molar-refractivity contribution >= 4 is 45.1 Å². The zero-order valence-electron chi connectivity index (χ0n) is 10.3. The van der Waals surface area contributed by atoms with E-state index in [4.69, 9.17) is 39.0 Å². The van der Waals surface area contributed by atoms with Crippen molar-refractivity contribution in [3.8, 4) is 0 Å². The van der Waals surface area contributed by atoms with Gasteiger partial charge in [-0.2, -0.15) is 12.7 Å². The number of hydrogen-bond donors (Lipinski definition) is 0. The molecule has 0 aromatic heterocycles. The minimum atomic E-state index is -3.87. The minimum absolute atomic E-state index is 0.0368. The summed E-state index contributed by atoms with van der Waals surface area (Å²) in [6.45, 7) is -0.489. The van der Waals surface area contributed by atoms with Gasteiger partial charge >= 0.3 is 10.3 Å². The van der Waals surface area contributed by atoms with Gasteiger partial charge in [0, 0.05) is 6.04 Å². The molecule has 8 heteroatoms. The summed E-state index contributed by atoms with van der Waals surface area (Å²) in [5.74, 6) is 0. The van der Waals surface area contributed by atoms with E-state index in [0.29, 0.717) is 0 Å². The van der Waals surface area contributed by atoms with Crippen molar-refractivity contribution in [1.29, 1.82) is 0 Å². The van der Waals surface area contributed by atoms with Gasteiger partial charge in [-0.1, -0.05) is 59.1 Å². The summed E-state index contributed by atoms with van der Waals surface area (Å²) in [6.07, 6.45) is 1.66. The maximum Gasteiger partial charge on any atom is 0.339 e. The third-order valence-corrected chi connectivity index (χ3v) is 5.35. The number of halogens is 3. The summed E-state index contributed by atoms with van der Waals surface area (Å²) in [6, 6.07) is 7.67. The van der Waals surface area contributed by atoms with E-state index in [1.165, 1.54) is 9.87 Å². The summed E-state index contributed by atoms with van der Waals surface area (Å²) >= 11 is 16.6. The molecular formula is C12H12Cl3NO3S. The van der Waals surface area contributed by atoms with E-state index in [1.807, 2.05) is 24.3 Å². The molecule has 0 spiro atoms. The number of hydrogen-bond acceptors (Lipinski definition) is 3. The van der Waals surface area contributed by atoms with Crippen LogP contribution < -0.4 is 0 Å². The van der Waals surface area contributed by atoms with Gasteiger partial charge in [0.2, 0.25) is 3.79 Å². The van der Waals surface area contributed by atoms with E-state index in [2.05, 4.69) is 0 Å². The van der Waals surface area contributed by atoms with Gasteiger partial charge < -0.3 is 0 Å². The Hall–Kier alpha value is -0.0400.